The lowest BCUT2D eigenvalue weighted by Crippen LogP contribution is -2.30. The minimum absolute atomic E-state index is 0.0195. The number of hydrogen-bond acceptors (Lipinski definition) is 4. The van der Waals surface area contributed by atoms with E-state index in [0.29, 0.717) is 31.7 Å². The summed E-state index contributed by atoms with van der Waals surface area (Å²) in [7, 11) is 4.86. The highest BCUT2D eigenvalue weighted by atomic mass is 16.5. The molecule has 0 aromatic heterocycles. The summed E-state index contributed by atoms with van der Waals surface area (Å²) < 4.78 is 10.6. The van der Waals surface area contributed by atoms with Gasteiger partial charge >= 0.3 is 0 Å². The first-order chi connectivity index (χ1) is 11.1. The van der Waals surface area contributed by atoms with E-state index >= 15 is 0 Å². The molecule has 1 aromatic rings. The summed E-state index contributed by atoms with van der Waals surface area (Å²) in [6.07, 6.45) is 0.251. The van der Waals surface area contributed by atoms with Crippen LogP contribution in [0.15, 0.2) is 24.3 Å². The lowest BCUT2D eigenvalue weighted by atomic mass is 10.0. The molecule has 1 aliphatic rings. The molecular formula is C17H24N2O4. The molecule has 0 unspecified atom stereocenters. The Balaban J connectivity index is 2.08. The fourth-order valence-electron chi connectivity index (χ4n) is 2.95. The number of carbonyl (C=O) groups is 2. The van der Waals surface area contributed by atoms with E-state index in [-0.39, 0.29) is 23.8 Å². The van der Waals surface area contributed by atoms with Crippen molar-refractivity contribution in [1.29, 1.82) is 0 Å². The maximum absolute atomic E-state index is 12.7. The molecule has 0 aliphatic carbocycles. The normalized spacial score (nSPS) is 20.6. The third-order valence-electron chi connectivity index (χ3n) is 4.18. The zero-order valence-electron chi connectivity index (χ0n) is 13.9. The number of rotatable bonds is 6. The predicted molar refractivity (Wildman–Crippen MR) is 86.0 cm³/mol. The predicted octanol–water partition coefficient (Wildman–Crippen LogP) is 1.06. The van der Waals surface area contributed by atoms with Gasteiger partial charge in [-0.3, -0.25) is 9.59 Å². The highest BCUT2D eigenvalue weighted by molar-refractivity contribution is 5.94. The topological polar surface area (TPSA) is 67.9 Å². The number of ether oxygens (including phenoxy) is 2. The molecule has 126 valence electrons. The first kappa shape index (κ1) is 17.4. The highest BCUT2D eigenvalue weighted by Gasteiger charge is 2.36. The van der Waals surface area contributed by atoms with E-state index < -0.39 is 0 Å². The van der Waals surface area contributed by atoms with Crippen LogP contribution in [0.3, 0.4) is 0 Å². The van der Waals surface area contributed by atoms with Crippen LogP contribution in [-0.4, -0.2) is 57.2 Å². The second-order valence-electron chi connectivity index (χ2n) is 5.76. The first-order valence-corrected chi connectivity index (χ1v) is 7.69. The first-order valence-electron chi connectivity index (χ1n) is 7.69. The summed E-state index contributed by atoms with van der Waals surface area (Å²) in [4.78, 5) is 26.1. The molecule has 1 fully saturated rings. The smallest absolute Gasteiger partial charge is 0.253 e. The number of hydrogen-bond donors (Lipinski definition) is 1. The Morgan fingerprint density at radius 1 is 1.30 bits per heavy atom. The second kappa shape index (κ2) is 8.08. The molecule has 0 radical (unpaired) electrons. The van der Waals surface area contributed by atoms with Gasteiger partial charge in [-0.1, -0.05) is 12.1 Å². The average molecular weight is 320 g/mol. The van der Waals surface area contributed by atoms with Crippen molar-refractivity contribution < 1.29 is 19.1 Å². The van der Waals surface area contributed by atoms with E-state index in [2.05, 4.69) is 5.32 Å². The van der Waals surface area contributed by atoms with Gasteiger partial charge in [-0.2, -0.15) is 0 Å². The van der Waals surface area contributed by atoms with Crippen molar-refractivity contribution in [3.05, 3.63) is 35.4 Å². The molecular weight excluding hydrogens is 296 g/mol. The fourth-order valence-corrected chi connectivity index (χ4v) is 2.95. The van der Waals surface area contributed by atoms with Gasteiger partial charge in [0.1, 0.15) is 0 Å². The Morgan fingerprint density at radius 2 is 2.09 bits per heavy atom. The van der Waals surface area contributed by atoms with Gasteiger partial charge in [0.15, 0.2) is 0 Å². The van der Waals surface area contributed by atoms with Gasteiger partial charge in [-0.25, -0.2) is 0 Å². The van der Waals surface area contributed by atoms with Gasteiger partial charge in [0.05, 0.1) is 12.7 Å². The number of benzene rings is 1. The van der Waals surface area contributed by atoms with Crippen molar-refractivity contribution in [2.75, 3.05) is 34.4 Å². The number of amides is 2. The lowest BCUT2D eigenvalue weighted by molar-refractivity contribution is -0.122. The fraction of sp³-hybridized carbons (Fsp3) is 0.529. The molecule has 1 aliphatic heterocycles. The van der Waals surface area contributed by atoms with E-state index in [0.717, 1.165) is 5.56 Å². The van der Waals surface area contributed by atoms with Gasteiger partial charge in [0.2, 0.25) is 5.91 Å². The molecule has 6 heteroatoms. The van der Waals surface area contributed by atoms with E-state index in [1.807, 2.05) is 18.2 Å². The standard InChI is InChI=1S/C17H24N2O4/c1-18-16(20)8-14-9-19(10-15(14)23-3)17(21)13-6-4-5-12(7-13)11-22-2/h4-7,14-15H,8-11H2,1-3H3,(H,18,20)/t14-,15+/m1/s1. The Morgan fingerprint density at radius 3 is 2.74 bits per heavy atom. The van der Waals surface area contributed by atoms with Crippen molar-refractivity contribution in [3.63, 3.8) is 0 Å². The molecule has 2 atom stereocenters. The van der Waals surface area contributed by atoms with Crippen LogP contribution in [0.4, 0.5) is 0 Å². The molecule has 1 aromatic carbocycles. The zero-order valence-corrected chi connectivity index (χ0v) is 13.9. The van der Waals surface area contributed by atoms with Crippen LogP contribution in [0.1, 0.15) is 22.3 Å². The van der Waals surface area contributed by atoms with Crippen molar-refractivity contribution in [3.8, 4) is 0 Å². The van der Waals surface area contributed by atoms with E-state index in [1.54, 1.807) is 32.2 Å². The summed E-state index contributed by atoms with van der Waals surface area (Å²) in [6.45, 7) is 1.51. The number of nitrogens with one attached hydrogen (secondary N) is 1. The van der Waals surface area contributed by atoms with E-state index in [1.165, 1.54) is 0 Å². The summed E-state index contributed by atoms with van der Waals surface area (Å²) in [5.41, 5.74) is 1.60. The summed E-state index contributed by atoms with van der Waals surface area (Å²) >= 11 is 0. The quantitative estimate of drug-likeness (QED) is 0.851. The third-order valence-corrected chi connectivity index (χ3v) is 4.18. The Kier molecular flexibility index (Phi) is 6.12. The molecule has 1 heterocycles. The summed E-state index contributed by atoms with van der Waals surface area (Å²) in [5, 5.41) is 2.62. The van der Waals surface area contributed by atoms with Crippen molar-refractivity contribution >= 4 is 11.8 Å². The molecule has 2 amide bonds. The maximum Gasteiger partial charge on any atom is 0.253 e. The Hall–Kier alpha value is -1.92. The van der Waals surface area contributed by atoms with Crippen LogP contribution in [0.25, 0.3) is 0 Å². The van der Waals surface area contributed by atoms with Crippen molar-refractivity contribution in [2.24, 2.45) is 5.92 Å². The minimum atomic E-state index is -0.113. The third kappa shape index (κ3) is 4.30. The van der Waals surface area contributed by atoms with Crippen LogP contribution in [-0.2, 0) is 20.9 Å². The number of likely N-dealkylation sites (tertiary alicyclic amines) is 1. The molecule has 6 nitrogen and oxygen atoms in total. The van der Waals surface area contributed by atoms with Crippen LogP contribution >= 0.6 is 0 Å². The van der Waals surface area contributed by atoms with Crippen molar-refractivity contribution in [1.82, 2.24) is 10.2 Å². The van der Waals surface area contributed by atoms with E-state index in [9.17, 15) is 9.59 Å². The Labute approximate surface area is 136 Å². The minimum Gasteiger partial charge on any atom is -0.380 e. The maximum atomic E-state index is 12.7. The molecule has 1 N–H and O–H groups in total. The van der Waals surface area contributed by atoms with Crippen LogP contribution in [0.2, 0.25) is 0 Å². The van der Waals surface area contributed by atoms with Gasteiger partial charge in [0, 0.05) is 52.3 Å². The summed E-state index contributed by atoms with van der Waals surface area (Å²) in [5.74, 6) is -0.0519. The molecule has 0 saturated carbocycles. The molecule has 1 saturated heterocycles. The van der Waals surface area contributed by atoms with Gasteiger partial charge < -0.3 is 19.7 Å². The Bertz CT molecular complexity index is 561. The van der Waals surface area contributed by atoms with Crippen molar-refractivity contribution in [2.45, 2.75) is 19.1 Å². The zero-order chi connectivity index (χ0) is 16.8. The molecule has 23 heavy (non-hydrogen) atoms. The monoisotopic (exact) mass is 320 g/mol. The highest BCUT2D eigenvalue weighted by Crippen LogP contribution is 2.24. The average Bonchev–Trinajstić information content (AvgIpc) is 2.97. The van der Waals surface area contributed by atoms with Crippen LogP contribution in [0.5, 0.6) is 0 Å². The summed E-state index contributed by atoms with van der Waals surface area (Å²) in [6, 6.07) is 7.43. The number of methoxy groups -OCH3 is 2. The molecule has 2 rings (SSSR count). The molecule has 0 spiro atoms. The number of carbonyl (C=O) groups excluding carboxylic acids is 2. The van der Waals surface area contributed by atoms with Gasteiger partial charge in [0.25, 0.3) is 5.91 Å². The van der Waals surface area contributed by atoms with Crippen LogP contribution < -0.4 is 5.32 Å². The van der Waals surface area contributed by atoms with Gasteiger partial charge in [-0.05, 0) is 17.7 Å². The van der Waals surface area contributed by atoms with Gasteiger partial charge in [-0.15, -0.1) is 0 Å². The second-order valence-corrected chi connectivity index (χ2v) is 5.76. The van der Waals surface area contributed by atoms with E-state index in [4.69, 9.17) is 9.47 Å². The lowest BCUT2D eigenvalue weighted by Gasteiger charge is -2.16. The number of nitrogens with zero attached hydrogens (tertiary/aromatic N) is 1. The largest absolute Gasteiger partial charge is 0.380 e. The van der Waals surface area contributed by atoms with Crippen LogP contribution in [0, 0.1) is 5.92 Å². The molecule has 0 bridgehead atoms. The SMILES string of the molecule is CNC(=O)C[C@@H]1CN(C(=O)c2cccc(COC)c2)C[C@@H]1OC.